The van der Waals surface area contributed by atoms with Crippen LogP contribution in [-0.4, -0.2) is 16.3 Å². The highest BCUT2D eigenvalue weighted by molar-refractivity contribution is 6.11. The second-order valence-electron chi connectivity index (χ2n) is 6.08. The summed E-state index contributed by atoms with van der Waals surface area (Å²) in [4.78, 5) is 0. The Morgan fingerprint density at radius 3 is 2.45 bits per heavy atom. The van der Waals surface area contributed by atoms with Gasteiger partial charge in [0.05, 0.1) is 0 Å². The van der Waals surface area contributed by atoms with E-state index in [1.54, 1.807) is 6.08 Å². The topological polar surface area (TPSA) is 40.5 Å². The van der Waals surface area contributed by atoms with Crippen molar-refractivity contribution in [1.82, 2.24) is 0 Å². The molecular weight excluding hydrogens is 272 g/mol. The monoisotopic (exact) mass is 290 g/mol. The Balaban J connectivity index is 2.23. The molecule has 2 heteroatoms. The molecule has 4 rings (SSSR count). The Bertz CT molecular complexity index is 937. The van der Waals surface area contributed by atoms with Gasteiger partial charge in [0.15, 0.2) is 0 Å². The third kappa shape index (κ3) is 1.68. The first-order chi connectivity index (χ1) is 10.6. The van der Waals surface area contributed by atoms with Crippen LogP contribution < -0.4 is 0 Å². The highest BCUT2D eigenvalue weighted by atomic mass is 16.3. The van der Waals surface area contributed by atoms with Gasteiger partial charge in [-0.15, -0.1) is 0 Å². The molecule has 22 heavy (non-hydrogen) atoms. The Hall–Kier alpha value is -2.16. The first-order valence-electron chi connectivity index (χ1n) is 7.58. The molecule has 0 amide bonds. The van der Waals surface area contributed by atoms with E-state index in [1.807, 2.05) is 13.0 Å². The molecule has 0 fully saturated rings. The van der Waals surface area contributed by atoms with Gasteiger partial charge in [-0.05, 0) is 57.6 Å². The Morgan fingerprint density at radius 1 is 0.864 bits per heavy atom. The molecule has 1 aliphatic carbocycles. The molecule has 3 aromatic rings. The Kier molecular flexibility index (Phi) is 2.86. The van der Waals surface area contributed by atoms with E-state index in [-0.39, 0.29) is 0 Å². The summed E-state index contributed by atoms with van der Waals surface area (Å²) >= 11 is 0. The van der Waals surface area contributed by atoms with E-state index < -0.39 is 12.2 Å². The lowest BCUT2D eigenvalue weighted by molar-refractivity contribution is 0.0466. The fourth-order valence-corrected chi connectivity index (χ4v) is 3.74. The molecule has 2 atom stereocenters. The minimum absolute atomic E-state index is 0.830. The van der Waals surface area contributed by atoms with E-state index in [2.05, 4.69) is 43.3 Å². The van der Waals surface area contributed by atoms with Crippen LogP contribution in [0.5, 0.6) is 0 Å². The van der Waals surface area contributed by atoms with Crippen LogP contribution in [0.15, 0.2) is 42.5 Å². The van der Waals surface area contributed by atoms with Gasteiger partial charge in [-0.2, -0.15) is 0 Å². The minimum atomic E-state index is -0.852. The molecule has 0 saturated carbocycles. The number of benzene rings is 3. The predicted octanol–water partition coefficient (Wildman–Crippen LogP) is 4.03. The Labute approximate surface area is 129 Å². The van der Waals surface area contributed by atoms with Crippen molar-refractivity contribution in [3.8, 4) is 0 Å². The van der Waals surface area contributed by atoms with Gasteiger partial charge in [0.25, 0.3) is 0 Å². The van der Waals surface area contributed by atoms with Gasteiger partial charge < -0.3 is 10.2 Å². The van der Waals surface area contributed by atoms with Crippen molar-refractivity contribution in [2.45, 2.75) is 26.1 Å². The van der Waals surface area contributed by atoms with Gasteiger partial charge in [-0.25, -0.2) is 0 Å². The maximum absolute atomic E-state index is 10.4. The molecule has 0 unspecified atom stereocenters. The molecule has 0 bridgehead atoms. The average Bonchev–Trinajstić information content (AvgIpc) is 2.54. The molecule has 0 spiro atoms. The van der Waals surface area contributed by atoms with E-state index in [4.69, 9.17) is 0 Å². The Morgan fingerprint density at radius 2 is 1.64 bits per heavy atom. The van der Waals surface area contributed by atoms with Gasteiger partial charge in [0.2, 0.25) is 0 Å². The smallest absolute Gasteiger partial charge is 0.109 e. The van der Waals surface area contributed by atoms with Crippen molar-refractivity contribution >= 4 is 27.6 Å². The molecule has 0 aromatic heterocycles. The summed E-state index contributed by atoms with van der Waals surface area (Å²) in [5.41, 5.74) is 4.11. The molecule has 2 N–H and O–H groups in total. The maximum Gasteiger partial charge on any atom is 0.109 e. The van der Waals surface area contributed by atoms with E-state index in [0.29, 0.717) is 0 Å². The summed E-state index contributed by atoms with van der Waals surface area (Å²) in [7, 11) is 0. The van der Waals surface area contributed by atoms with Crippen LogP contribution in [-0.2, 0) is 0 Å². The number of rotatable bonds is 0. The molecule has 0 aliphatic heterocycles. The zero-order valence-electron chi connectivity index (χ0n) is 12.7. The molecule has 3 aromatic carbocycles. The highest BCUT2D eigenvalue weighted by Gasteiger charge is 2.27. The zero-order chi connectivity index (χ0) is 15.4. The fraction of sp³-hybridized carbons (Fsp3) is 0.200. The van der Waals surface area contributed by atoms with Crippen LogP contribution in [0.4, 0.5) is 0 Å². The number of aliphatic hydroxyl groups excluding tert-OH is 2. The van der Waals surface area contributed by atoms with Gasteiger partial charge in [0, 0.05) is 0 Å². The van der Waals surface area contributed by atoms with Crippen LogP contribution >= 0.6 is 0 Å². The summed E-state index contributed by atoms with van der Waals surface area (Å²) < 4.78 is 0. The normalized spacial score (nSPS) is 20.5. The van der Waals surface area contributed by atoms with Gasteiger partial charge >= 0.3 is 0 Å². The molecule has 0 radical (unpaired) electrons. The number of aryl methyl sites for hydroxylation is 2. The minimum Gasteiger partial charge on any atom is -0.386 e. The third-order valence-electron chi connectivity index (χ3n) is 4.89. The molecular formula is C20H18O2. The molecule has 2 nitrogen and oxygen atoms in total. The number of hydrogen-bond acceptors (Lipinski definition) is 2. The molecule has 0 heterocycles. The second kappa shape index (κ2) is 4.67. The fourth-order valence-electron chi connectivity index (χ4n) is 3.74. The number of hydrogen-bond donors (Lipinski definition) is 2. The van der Waals surface area contributed by atoms with Gasteiger partial charge in [0.1, 0.15) is 12.2 Å². The van der Waals surface area contributed by atoms with Crippen LogP contribution in [0.3, 0.4) is 0 Å². The maximum atomic E-state index is 10.4. The van der Waals surface area contributed by atoms with Crippen LogP contribution in [0.1, 0.15) is 28.4 Å². The highest BCUT2D eigenvalue weighted by Crippen LogP contribution is 2.40. The number of aliphatic hydroxyl groups is 2. The van der Waals surface area contributed by atoms with E-state index in [1.165, 1.54) is 16.2 Å². The van der Waals surface area contributed by atoms with Crippen molar-refractivity contribution in [1.29, 1.82) is 0 Å². The molecule has 0 saturated heterocycles. The summed E-state index contributed by atoms with van der Waals surface area (Å²) in [6, 6.07) is 12.6. The predicted molar refractivity (Wildman–Crippen MR) is 90.9 cm³/mol. The van der Waals surface area contributed by atoms with E-state index in [0.717, 1.165) is 27.6 Å². The number of fused-ring (bicyclic) bond motifs is 4. The summed E-state index contributed by atoms with van der Waals surface area (Å²) in [5.74, 6) is 0. The second-order valence-corrected chi connectivity index (χ2v) is 6.08. The van der Waals surface area contributed by atoms with Crippen molar-refractivity contribution in [2.24, 2.45) is 0 Å². The van der Waals surface area contributed by atoms with Crippen LogP contribution in [0.2, 0.25) is 0 Å². The van der Waals surface area contributed by atoms with Crippen molar-refractivity contribution < 1.29 is 10.2 Å². The molecule has 1 aliphatic rings. The van der Waals surface area contributed by atoms with E-state index in [9.17, 15) is 10.2 Å². The lowest BCUT2D eigenvalue weighted by atomic mass is 9.82. The van der Waals surface area contributed by atoms with Gasteiger partial charge in [-0.1, -0.05) is 48.6 Å². The lowest BCUT2D eigenvalue weighted by Gasteiger charge is -2.27. The van der Waals surface area contributed by atoms with Crippen molar-refractivity contribution in [3.63, 3.8) is 0 Å². The first-order valence-corrected chi connectivity index (χ1v) is 7.58. The van der Waals surface area contributed by atoms with Crippen LogP contribution in [0, 0.1) is 13.8 Å². The largest absolute Gasteiger partial charge is 0.386 e. The van der Waals surface area contributed by atoms with E-state index >= 15 is 0 Å². The average molecular weight is 290 g/mol. The summed E-state index contributed by atoms with van der Waals surface area (Å²) in [5, 5.41) is 25.2. The van der Waals surface area contributed by atoms with Crippen molar-refractivity contribution in [2.75, 3.05) is 0 Å². The summed E-state index contributed by atoms with van der Waals surface area (Å²) in [6.07, 6.45) is 1.94. The third-order valence-corrected chi connectivity index (χ3v) is 4.89. The SMILES string of the molecule is Cc1c2c(c(C)c3c1ccc1ccccc13)C=C[C@H](O)[C@H]2O. The van der Waals surface area contributed by atoms with Gasteiger partial charge in [-0.3, -0.25) is 0 Å². The lowest BCUT2D eigenvalue weighted by Crippen LogP contribution is -2.21. The van der Waals surface area contributed by atoms with Crippen molar-refractivity contribution in [3.05, 3.63) is 64.7 Å². The quantitative estimate of drug-likeness (QED) is 0.614. The van der Waals surface area contributed by atoms with Crippen LogP contribution in [0.25, 0.3) is 27.6 Å². The first kappa shape index (κ1) is 13.5. The molecule has 110 valence electrons. The summed E-state index contributed by atoms with van der Waals surface area (Å²) in [6.45, 7) is 4.13. The standard InChI is InChI=1S/C20H18O2/c1-11-15-9-10-17(21)20(22)19(15)12(2)14-8-7-13-5-3-4-6-16(13)18(11)14/h3-10,17,20-22H,1-2H3/t17-,20+/m0/s1. The zero-order valence-corrected chi connectivity index (χ0v) is 12.7.